The third-order valence-corrected chi connectivity index (χ3v) is 4.68. The zero-order valence-corrected chi connectivity index (χ0v) is 15.7. The Morgan fingerprint density at radius 1 is 0.929 bits per heavy atom. The number of ether oxygens (including phenoxy) is 1. The minimum Gasteiger partial charge on any atom is -0.457 e. The van der Waals surface area contributed by atoms with E-state index in [0.717, 1.165) is 19.3 Å². The molecule has 2 N–H and O–H groups in total. The molecule has 6 nitrogen and oxygen atoms in total. The Bertz CT molecular complexity index is 849. The number of carbonyl (C=O) groups is 3. The van der Waals surface area contributed by atoms with Gasteiger partial charge in [-0.1, -0.05) is 30.3 Å². The Labute approximate surface area is 164 Å². The molecule has 146 valence electrons. The molecule has 6 heteroatoms. The lowest BCUT2D eigenvalue weighted by molar-refractivity contribution is -0.142. The number of nitrogens with one attached hydrogen (secondary N) is 2. The minimum atomic E-state index is -0.522. The van der Waals surface area contributed by atoms with E-state index < -0.39 is 12.0 Å². The Balaban J connectivity index is 1.37. The number of para-hydroxylation sites is 1. The molecule has 0 aromatic heterocycles. The quantitative estimate of drug-likeness (QED) is 0.569. The second-order valence-corrected chi connectivity index (χ2v) is 6.77. The fourth-order valence-electron chi connectivity index (χ4n) is 3.18. The third kappa shape index (κ3) is 5.67. The zero-order valence-electron chi connectivity index (χ0n) is 15.7. The smallest absolute Gasteiger partial charge is 0.319 e. The first-order valence-electron chi connectivity index (χ1n) is 9.52. The first kappa shape index (κ1) is 19.6. The summed E-state index contributed by atoms with van der Waals surface area (Å²) in [5, 5.41) is 5.24. The van der Waals surface area contributed by atoms with Crippen molar-refractivity contribution in [2.45, 2.75) is 32.1 Å². The maximum atomic E-state index is 12.3. The van der Waals surface area contributed by atoms with E-state index in [2.05, 4.69) is 10.6 Å². The van der Waals surface area contributed by atoms with Gasteiger partial charge in [0.2, 0.25) is 0 Å². The molecule has 0 aliphatic heterocycles. The van der Waals surface area contributed by atoms with Crippen molar-refractivity contribution in [1.82, 2.24) is 5.32 Å². The first-order valence-corrected chi connectivity index (χ1v) is 9.52. The number of ketones is 1. The Hall–Kier alpha value is -3.15. The van der Waals surface area contributed by atoms with Crippen molar-refractivity contribution in [3.05, 3.63) is 65.2 Å². The molecule has 28 heavy (non-hydrogen) atoms. The van der Waals surface area contributed by atoms with Crippen LogP contribution in [0.5, 0.6) is 0 Å². The standard InChI is InChI=1S/C22H24N2O4/c25-20(18-11-10-16-6-4-5-7-17(16)14-18)15-28-21(26)12-13-23-22(27)24-19-8-2-1-3-9-19/h1-3,8-11,14H,4-7,12-13,15H2,(H2,23,24,27). The summed E-state index contributed by atoms with van der Waals surface area (Å²) in [7, 11) is 0. The number of urea groups is 1. The summed E-state index contributed by atoms with van der Waals surface area (Å²) in [5.74, 6) is -0.733. The van der Waals surface area contributed by atoms with E-state index in [9.17, 15) is 14.4 Å². The van der Waals surface area contributed by atoms with Crippen molar-refractivity contribution in [2.75, 3.05) is 18.5 Å². The van der Waals surface area contributed by atoms with E-state index in [1.807, 2.05) is 30.3 Å². The normalized spacial score (nSPS) is 12.6. The van der Waals surface area contributed by atoms with Gasteiger partial charge in [0.1, 0.15) is 0 Å². The SMILES string of the molecule is O=C(NCCC(=O)OCC(=O)c1ccc2c(c1)CCCC2)Nc1ccccc1. The monoisotopic (exact) mass is 380 g/mol. The molecule has 1 aliphatic carbocycles. The van der Waals surface area contributed by atoms with Crippen LogP contribution < -0.4 is 10.6 Å². The molecule has 0 unspecified atom stereocenters. The molecular formula is C22H24N2O4. The average molecular weight is 380 g/mol. The summed E-state index contributed by atoms with van der Waals surface area (Å²) in [6.45, 7) is -0.154. The van der Waals surface area contributed by atoms with E-state index in [1.165, 1.54) is 17.5 Å². The van der Waals surface area contributed by atoms with Crippen LogP contribution in [-0.4, -0.2) is 30.9 Å². The molecule has 2 amide bonds. The Morgan fingerprint density at radius 3 is 2.46 bits per heavy atom. The third-order valence-electron chi connectivity index (χ3n) is 4.68. The Morgan fingerprint density at radius 2 is 1.68 bits per heavy atom. The van der Waals surface area contributed by atoms with Gasteiger partial charge in [-0.15, -0.1) is 0 Å². The van der Waals surface area contributed by atoms with Gasteiger partial charge in [0, 0.05) is 17.8 Å². The van der Waals surface area contributed by atoms with Crippen LogP contribution in [0.4, 0.5) is 10.5 Å². The number of esters is 1. The molecule has 1 aliphatic rings. The van der Waals surface area contributed by atoms with Crippen LogP contribution in [-0.2, 0) is 22.4 Å². The van der Waals surface area contributed by atoms with Crippen molar-refractivity contribution >= 4 is 23.5 Å². The lowest BCUT2D eigenvalue weighted by atomic mass is 9.90. The summed E-state index contributed by atoms with van der Waals surface area (Å²) in [6.07, 6.45) is 4.38. The highest BCUT2D eigenvalue weighted by Gasteiger charge is 2.14. The van der Waals surface area contributed by atoms with E-state index in [4.69, 9.17) is 4.74 Å². The van der Waals surface area contributed by atoms with Gasteiger partial charge in [0.05, 0.1) is 6.42 Å². The second-order valence-electron chi connectivity index (χ2n) is 6.77. The molecular weight excluding hydrogens is 356 g/mol. The van der Waals surface area contributed by atoms with Gasteiger partial charge in [-0.2, -0.15) is 0 Å². The fourth-order valence-corrected chi connectivity index (χ4v) is 3.18. The molecule has 0 saturated heterocycles. The molecule has 0 bridgehead atoms. The predicted molar refractivity (Wildman–Crippen MR) is 106 cm³/mol. The summed E-state index contributed by atoms with van der Waals surface area (Å²) < 4.78 is 5.04. The van der Waals surface area contributed by atoms with Gasteiger partial charge in [0.25, 0.3) is 0 Å². The van der Waals surface area contributed by atoms with Crippen molar-refractivity contribution in [1.29, 1.82) is 0 Å². The highest BCUT2D eigenvalue weighted by atomic mass is 16.5. The highest BCUT2D eigenvalue weighted by molar-refractivity contribution is 5.98. The Kier molecular flexibility index (Phi) is 6.78. The highest BCUT2D eigenvalue weighted by Crippen LogP contribution is 2.22. The van der Waals surface area contributed by atoms with Crippen LogP contribution in [0.1, 0.15) is 40.7 Å². The van der Waals surface area contributed by atoms with Crippen molar-refractivity contribution < 1.29 is 19.1 Å². The molecule has 3 rings (SSSR count). The van der Waals surface area contributed by atoms with Crippen LogP contribution in [0.3, 0.4) is 0 Å². The average Bonchev–Trinajstić information content (AvgIpc) is 2.72. The zero-order chi connectivity index (χ0) is 19.8. The number of benzene rings is 2. The second kappa shape index (κ2) is 9.69. The van der Waals surface area contributed by atoms with Crippen molar-refractivity contribution in [3.8, 4) is 0 Å². The van der Waals surface area contributed by atoms with Gasteiger partial charge in [-0.05, 0) is 55.0 Å². The van der Waals surface area contributed by atoms with E-state index >= 15 is 0 Å². The topological polar surface area (TPSA) is 84.5 Å². The van der Waals surface area contributed by atoms with Gasteiger partial charge in [-0.3, -0.25) is 9.59 Å². The number of rotatable bonds is 7. The maximum absolute atomic E-state index is 12.3. The molecule has 2 aromatic rings. The number of aryl methyl sites for hydroxylation is 2. The largest absolute Gasteiger partial charge is 0.457 e. The maximum Gasteiger partial charge on any atom is 0.319 e. The lowest BCUT2D eigenvalue weighted by Crippen LogP contribution is -2.31. The molecule has 0 atom stereocenters. The summed E-state index contributed by atoms with van der Waals surface area (Å²) in [6, 6.07) is 14.3. The van der Waals surface area contributed by atoms with Gasteiger partial charge >= 0.3 is 12.0 Å². The number of hydrogen-bond acceptors (Lipinski definition) is 4. The number of amides is 2. The van der Waals surface area contributed by atoms with E-state index in [-0.39, 0.29) is 25.4 Å². The summed E-state index contributed by atoms with van der Waals surface area (Å²) >= 11 is 0. The van der Waals surface area contributed by atoms with Gasteiger partial charge in [-0.25, -0.2) is 4.79 Å². The number of anilines is 1. The number of hydrogen-bond donors (Lipinski definition) is 2. The molecule has 0 spiro atoms. The van der Waals surface area contributed by atoms with Gasteiger partial charge < -0.3 is 15.4 Å². The summed E-state index contributed by atoms with van der Waals surface area (Å²) in [5.41, 5.74) is 3.77. The van der Waals surface area contributed by atoms with Crippen molar-refractivity contribution in [3.63, 3.8) is 0 Å². The first-order chi connectivity index (χ1) is 13.6. The molecule has 0 saturated carbocycles. The van der Waals surface area contributed by atoms with Crippen LogP contribution in [0.15, 0.2) is 48.5 Å². The molecule has 2 aromatic carbocycles. The van der Waals surface area contributed by atoms with Crippen LogP contribution in [0.25, 0.3) is 0 Å². The minimum absolute atomic E-state index is 0.000320. The van der Waals surface area contributed by atoms with Crippen LogP contribution in [0.2, 0.25) is 0 Å². The van der Waals surface area contributed by atoms with Gasteiger partial charge in [0.15, 0.2) is 12.4 Å². The molecule has 0 heterocycles. The summed E-state index contributed by atoms with van der Waals surface area (Å²) in [4.78, 5) is 35.8. The molecule has 0 fully saturated rings. The number of carbonyl (C=O) groups excluding carboxylic acids is 3. The van der Waals surface area contributed by atoms with Crippen LogP contribution >= 0.6 is 0 Å². The molecule has 0 radical (unpaired) electrons. The van der Waals surface area contributed by atoms with E-state index in [1.54, 1.807) is 18.2 Å². The number of fused-ring (bicyclic) bond motifs is 1. The predicted octanol–water partition coefficient (Wildman–Crippen LogP) is 3.50. The van der Waals surface area contributed by atoms with Crippen LogP contribution in [0, 0.1) is 0 Å². The lowest BCUT2D eigenvalue weighted by Gasteiger charge is -2.16. The van der Waals surface area contributed by atoms with E-state index in [0.29, 0.717) is 11.3 Å². The number of Topliss-reactive ketones (excluding diaryl/α,β-unsaturated/α-hetero) is 1. The van der Waals surface area contributed by atoms with Crippen molar-refractivity contribution in [2.24, 2.45) is 0 Å². The fraction of sp³-hybridized carbons (Fsp3) is 0.318.